The number of carbonyl (C=O) groups is 1. The van der Waals surface area contributed by atoms with Crippen LogP contribution in [0.5, 0.6) is 0 Å². The number of hydrogen-bond donors (Lipinski definition) is 1. The Bertz CT molecular complexity index is 1350. The van der Waals surface area contributed by atoms with E-state index in [1.54, 1.807) is 11.3 Å². The summed E-state index contributed by atoms with van der Waals surface area (Å²) in [5, 5.41) is 3.61. The van der Waals surface area contributed by atoms with Crippen LogP contribution in [0.3, 0.4) is 0 Å². The number of carbonyl (C=O) groups excluding carboxylic acids is 1. The smallest absolute Gasteiger partial charge is 0.355 e. The van der Waals surface area contributed by atoms with Crippen molar-refractivity contribution in [3.8, 4) is 0 Å². The summed E-state index contributed by atoms with van der Waals surface area (Å²) >= 11 is 1.81. The van der Waals surface area contributed by atoms with Crippen LogP contribution in [0.25, 0.3) is 31.1 Å². The molecule has 0 atom stereocenters. The normalized spacial score (nSPS) is 11.5. The lowest BCUT2D eigenvalue weighted by atomic mass is 10.0. The summed E-state index contributed by atoms with van der Waals surface area (Å²) in [5.74, 6) is -0.315. The van der Waals surface area contributed by atoms with Gasteiger partial charge in [-0.15, -0.1) is 11.3 Å². The van der Waals surface area contributed by atoms with Gasteiger partial charge in [0.2, 0.25) is 0 Å². The predicted octanol–water partition coefficient (Wildman–Crippen LogP) is 6.51. The molecule has 2 aromatic heterocycles. The second-order valence-electron chi connectivity index (χ2n) is 7.09. The average molecular weight is 385 g/mol. The molecule has 3 aromatic carbocycles. The molecule has 0 unspecified atom stereocenters. The van der Waals surface area contributed by atoms with E-state index in [2.05, 4.69) is 42.2 Å². The number of thiophene rings is 1. The molecule has 138 valence electrons. The highest BCUT2D eigenvalue weighted by atomic mass is 32.1. The summed E-state index contributed by atoms with van der Waals surface area (Å²) < 4.78 is 8.11. The molecule has 0 aliphatic heterocycles. The largest absolute Gasteiger partial charge is 0.456 e. The first-order valence-corrected chi connectivity index (χ1v) is 10.1. The molecule has 5 aromatic rings. The fourth-order valence-electron chi connectivity index (χ4n) is 3.95. The maximum atomic E-state index is 12.7. The second-order valence-corrected chi connectivity index (χ2v) is 8.14. The number of rotatable bonds is 3. The van der Waals surface area contributed by atoms with Crippen LogP contribution in [-0.2, 0) is 11.3 Å². The molecule has 4 heteroatoms. The van der Waals surface area contributed by atoms with Gasteiger partial charge in [0.25, 0.3) is 0 Å². The SMILES string of the molecule is Cc1c(C(=O)OCc2ccccc2)[nH]c2cc3c(sc4ccccc43)c(C)c12. The number of H-pyrrole nitrogens is 1. The van der Waals surface area contributed by atoms with Crippen molar-refractivity contribution in [2.24, 2.45) is 0 Å². The lowest BCUT2D eigenvalue weighted by Gasteiger charge is -2.04. The Hall–Kier alpha value is -3.11. The highest BCUT2D eigenvalue weighted by molar-refractivity contribution is 7.26. The first-order chi connectivity index (χ1) is 13.6. The summed E-state index contributed by atoms with van der Waals surface area (Å²) in [7, 11) is 0. The third kappa shape index (κ3) is 2.60. The van der Waals surface area contributed by atoms with Crippen molar-refractivity contribution in [1.82, 2.24) is 4.98 Å². The van der Waals surface area contributed by atoms with Gasteiger partial charge in [-0.25, -0.2) is 4.79 Å². The maximum absolute atomic E-state index is 12.7. The molecular weight excluding hydrogens is 366 g/mol. The molecule has 0 saturated heterocycles. The Morgan fingerprint density at radius 3 is 2.54 bits per heavy atom. The van der Waals surface area contributed by atoms with Crippen LogP contribution in [-0.4, -0.2) is 11.0 Å². The number of hydrogen-bond acceptors (Lipinski definition) is 3. The Morgan fingerprint density at radius 2 is 1.71 bits per heavy atom. The highest BCUT2D eigenvalue weighted by Crippen LogP contribution is 2.40. The van der Waals surface area contributed by atoms with Gasteiger partial charge >= 0.3 is 5.97 Å². The standard InChI is InChI=1S/C24H19NO2S/c1-14-21-15(2)23-18(17-10-6-7-11-20(17)28-23)12-19(21)25-22(14)24(26)27-13-16-8-4-3-5-9-16/h3-12,25H,13H2,1-2H3. The van der Waals surface area contributed by atoms with E-state index < -0.39 is 0 Å². The monoisotopic (exact) mass is 385 g/mol. The highest BCUT2D eigenvalue weighted by Gasteiger charge is 2.20. The Labute approximate surface area is 166 Å². The number of fused-ring (bicyclic) bond motifs is 4. The molecule has 0 aliphatic rings. The van der Waals surface area contributed by atoms with E-state index in [4.69, 9.17) is 4.74 Å². The van der Waals surface area contributed by atoms with E-state index in [1.165, 1.54) is 25.7 Å². The minimum absolute atomic E-state index is 0.271. The van der Waals surface area contributed by atoms with E-state index in [0.29, 0.717) is 5.69 Å². The summed E-state index contributed by atoms with van der Waals surface area (Å²) in [6.07, 6.45) is 0. The molecule has 0 fully saturated rings. The minimum Gasteiger partial charge on any atom is -0.456 e. The molecule has 0 radical (unpaired) electrons. The first kappa shape index (κ1) is 17.0. The Kier molecular flexibility index (Phi) is 3.95. The fraction of sp³-hybridized carbons (Fsp3) is 0.125. The molecule has 0 amide bonds. The predicted molar refractivity (Wildman–Crippen MR) is 116 cm³/mol. The molecule has 0 spiro atoms. The zero-order chi connectivity index (χ0) is 19.3. The van der Waals surface area contributed by atoms with Crippen molar-refractivity contribution in [1.29, 1.82) is 0 Å². The van der Waals surface area contributed by atoms with Crippen LogP contribution >= 0.6 is 11.3 Å². The van der Waals surface area contributed by atoms with Crippen molar-refractivity contribution in [3.63, 3.8) is 0 Å². The maximum Gasteiger partial charge on any atom is 0.355 e. The van der Waals surface area contributed by atoms with Gasteiger partial charge in [0.15, 0.2) is 0 Å². The van der Waals surface area contributed by atoms with Gasteiger partial charge < -0.3 is 9.72 Å². The van der Waals surface area contributed by atoms with Gasteiger partial charge in [0.05, 0.1) is 0 Å². The number of esters is 1. The third-order valence-corrected chi connectivity index (χ3v) is 6.64. The topological polar surface area (TPSA) is 42.1 Å². The van der Waals surface area contributed by atoms with Crippen LogP contribution in [0.2, 0.25) is 0 Å². The average Bonchev–Trinajstić information content (AvgIpc) is 3.26. The van der Waals surface area contributed by atoms with E-state index in [0.717, 1.165) is 22.0 Å². The summed E-state index contributed by atoms with van der Waals surface area (Å²) in [4.78, 5) is 16.0. The summed E-state index contributed by atoms with van der Waals surface area (Å²) in [5.41, 5.74) is 4.66. The molecule has 0 aliphatic carbocycles. The van der Waals surface area contributed by atoms with Gasteiger partial charge in [-0.1, -0.05) is 48.5 Å². The Balaban J connectivity index is 1.59. The van der Waals surface area contributed by atoms with Crippen LogP contribution in [0.4, 0.5) is 0 Å². The van der Waals surface area contributed by atoms with Crippen LogP contribution in [0.15, 0.2) is 60.7 Å². The lowest BCUT2D eigenvalue weighted by molar-refractivity contribution is 0.0466. The molecule has 2 heterocycles. The van der Waals surface area contributed by atoms with Crippen molar-refractivity contribution in [3.05, 3.63) is 83.0 Å². The number of nitrogens with one attached hydrogen (secondary N) is 1. The number of ether oxygens (including phenoxy) is 1. The molecule has 5 rings (SSSR count). The van der Waals surface area contributed by atoms with Crippen molar-refractivity contribution in [2.45, 2.75) is 20.5 Å². The van der Waals surface area contributed by atoms with Gasteiger partial charge in [-0.2, -0.15) is 0 Å². The van der Waals surface area contributed by atoms with Gasteiger partial charge in [-0.3, -0.25) is 0 Å². The van der Waals surface area contributed by atoms with Crippen LogP contribution in [0, 0.1) is 13.8 Å². The summed E-state index contributed by atoms with van der Waals surface area (Å²) in [6.45, 7) is 4.40. The number of aromatic amines is 1. The molecule has 0 bridgehead atoms. The summed E-state index contributed by atoms with van der Waals surface area (Å²) in [6, 6.07) is 20.4. The first-order valence-electron chi connectivity index (χ1n) is 9.27. The molecule has 28 heavy (non-hydrogen) atoms. The number of benzene rings is 3. The quantitative estimate of drug-likeness (QED) is 0.360. The van der Waals surface area contributed by atoms with E-state index in [-0.39, 0.29) is 12.6 Å². The third-order valence-electron chi connectivity index (χ3n) is 5.33. The van der Waals surface area contributed by atoms with Crippen LogP contribution in [0.1, 0.15) is 27.2 Å². The van der Waals surface area contributed by atoms with Gasteiger partial charge in [-0.05, 0) is 42.7 Å². The van der Waals surface area contributed by atoms with Crippen molar-refractivity contribution in [2.75, 3.05) is 0 Å². The van der Waals surface area contributed by atoms with E-state index in [1.807, 2.05) is 37.3 Å². The zero-order valence-corrected chi connectivity index (χ0v) is 16.5. The number of aryl methyl sites for hydroxylation is 2. The minimum atomic E-state index is -0.315. The van der Waals surface area contributed by atoms with Gasteiger partial charge in [0.1, 0.15) is 12.3 Å². The van der Waals surface area contributed by atoms with E-state index >= 15 is 0 Å². The zero-order valence-electron chi connectivity index (χ0n) is 15.7. The second kappa shape index (κ2) is 6.50. The Morgan fingerprint density at radius 1 is 0.964 bits per heavy atom. The van der Waals surface area contributed by atoms with Crippen LogP contribution < -0.4 is 0 Å². The molecular formula is C24H19NO2S. The van der Waals surface area contributed by atoms with Crippen molar-refractivity contribution >= 4 is 48.4 Å². The van der Waals surface area contributed by atoms with Gasteiger partial charge in [0, 0.05) is 31.1 Å². The fourth-order valence-corrected chi connectivity index (χ4v) is 5.14. The molecule has 1 N–H and O–H groups in total. The molecule has 3 nitrogen and oxygen atoms in total. The van der Waals surface area contributed by atoms with Crippen molar-refractivity contribution < 1.29 is 9.53 Å². The number of aromatic nitrogens is 1. The molecule has 0 saturated carbocycles. The lowest BCUT2D eigenvalue weighted by Crippen LogP contribution is -2.07. The van der Waals surface area contributed by atoms with E-state index in [9.17, 15) is 4.79 Å².